The lowest BCUT2D eigenvalue weighted by Gasteiger charge is -2.35. The second kappa shape index (κ2) is 7.38. The Morgan fingerprint density at radius 2 is 1.93 bits per heavy atom. The molecular weight excluding hydrogens is 366 g/mol. The monoisotopic (exact) mass is 393 g/mol. The Morgan fingerprint density at radius 3 is 2.76 bits per heavy atom. The lowest BCUT2D eigenvalue weighted by atomic mass is 9.86. The molecule has 0 aromatic heterocycles. The van der Waals surface area contributed by atoms with E-state index in [9.17, 15) is 4.79 Å². The summed E-state index contributed by atoms with van der Waals surface area (Å²) < 4.78 is 17.0. The van der Waals surface area contributed by atoms with Crippen LogP contribution in [0.1, 0.15) is 57.9 Å². The fraction of sp³-hybridized carbons (Fsp3) is 0.458. The zero-order chi connectivity index (χ0) is 20.0. The van der Waals surface area contributed by atoms with Gasteiger partial charge in [-0.1, -0.05) is 12.1 Å². The molecule has 0 radical (unpaired) electrons. The van der Waals surface area contributed by atoms with Gasteiger partial charge in [0.2, 0.25) is 12.5 Å². The number of carbonyl (C=O) groups is 1. The number of hydrogen-bond donors (Lipinski definition) is 0. The molecule has 0 saturated carbocycles. The van der Waals surface area contributed by atoms with Gasteiger partial charge in [0.15, 0.2) is 17.3 Å². The second-order valence-corrected chi connectivity index (χ2v) is 8.28. The number of Topliss-reactive ketones (excluding diaryl/α,β-unsaturated/α-hetero) is 1. The van der Waals surface area contributed by atoms with Gasteiger partial charge in [-0.25, -0.2) is 0 Å². The van der Waals surface area contributed by atoms with Crippen molar-refractivity contribution >= 4 is 5.78 Å². The molecule has 0 bridgehead atoms. The Labute approximate surface area is 171 Å². The molecule has 152 valence electrons. The molecule has 0 unspecified atom stereocenters. The van der Waals surface area contributed by atoms with Crippen molar-refractivity contribution < 1.29 is 19.0 Å². The third-order valence-electron chi connectivity index (χ3n) is 6.60. The molecule has 0 N–H and O–H groups in total. The summed E-state index contributed by atoms with van der Waals surface area (Å²) in [5.74, 6) is 2.30. The van der Waals surface area contributed by atoms with E-state index in [1.807, 2.05) is 6.07 Å². The van der Waals surface area contributed by atoms with Crippen LogP contribution in [0.15, 0.2) is 24.3 Å². The van der Waals surface area contributed by atoms with Crippen molar-refractivity contribution in [1.29, 1.82) is 0 Å². The number of methoxy groups -OCH3 is 1. The van der Waals surface area contributed by atoms with E-state index < -0.39 is 0 Å². The fourth-order valence-corrected chi connectivity index (χ4v) is 4.98. The third-order valence-corrected chi connectivity index (χ3v) is 6.60. The van der Waals surface area contributed by atoms with Gasteiger partial charge in [0.05, 0.1) is 7.11 Å². The Balaban J connectivity index is 1.48. The molecule has 5 heteroatoms. The summed E-state index contributed by atoms with van der Waals surface area (Å²) in [6.45, 7) is 1.11. The zero-order valence-electron chi connectivity index (χ0n) is 17.1. The van der Waals surface area contributed by atoms with Gasteiger partial charge in [-0.15, -0.1) is 0 Å². The van der Waals surface area contributed by atoms with Gasteiger partial charge in [0, 0.05) is 30.1 Å². The summed E-state index contributed by atoms with van der Waals surface area (Å²) in [6.07, 6.45) is 6.01. The molecule has 0 fully saturated rings. The third kappa shape index (κ3) is 3.18. The number of likely N-dealkylation sites (N-methyl/N-ethyl adjacent to an activating group) is 1. The smallest absolute Gasteiger partial charge is 0.231 e. The number of ketones is 1. The van der Waals surface area contributed by atoms with Crippen LogP contribution in [-0.4, -0.2) is 38.2 Å². The van der Waals surface area contributed by atoms with Crippen LogP contribution in [0.5, 0.6) is 17.2 Å². The fourth-order valence-electron chi connectivity index (χ4n) is 4.98. The van der Waals surface area contributed by atoms with Crippen molar-refractivity contribution in [3.05, 3.63) is 52.1 Å². The van der Waals surface area contributed by atoms with Crippen LogP contribution >= 0.6 is 0 Å². The van der Waals surface area contributed by atoms with Gasteiger partial charge in [0.25, 0.3) is 0 Å². The highest BCUT2D eigenvalue weighted by molar-refractivity contribution is 5.97. The molecule has 0 amide bonds. The van der Waals surface area contributed by atoms with Crippen LogP contribution in [0.3, 0.4) is 0 Å². The maximum Gasteiger partial charge on any atom is 0.231 e. The molecule has 0 spiro atoms. The molecule has 1 atom stereocenters. The van der Waals surface area contributed by atoms with E-state index in [2.05, 4.69) is 30.1 Å². The summed E-state index contributed by atoms with van der Waals surface area (Å²) in [7, 11) is 3.74. The van der Waals surface area contributed by atoms with E-state index in [1.54, 1.807) is 7.11 Å². The van der Waals surface area contributed by atoms with Crippen molar-refractivity contribution in [2.45, 2.75) is 44.6 Å². The minimum atomic E-state index is -0.0354. The van der Waals surface area contributed by atoms with E-state index in [0.29, 0.717) is 17.9 Å². The van der Waals surface area contributed by atoms with Crippen LogP contribution in [0.4, 0.5) is 0 Å². The van der Waals surface area contributed by atoms with Crippen molar-refractivity contribution in [2.75, 3.05) is 27.5 Å². The molecule has 2 heterocycles. The van der Waals surface area contributed by atoms with Crippen LogP contribution in [0, 0.1) is 0 Å². The van der Waals surface area contributed by atoms with Gasteiger partial charge in [-0.05, 0) is 68.0 Å². The Hall–Kier alpha value is -2.53. The van der Waals surface area contributed by atoms with Gasteiger partial charge >= 0.3 is 0 Å². The number of carbonyl (C=O) groups excluding carboxylic acids is 1. The van der Waals surface area contributed by atoms with Crippen LogP contribution < -0.4 is 14.2 Å². The minimum Gasteiger partial charge on any atom is -0.492 e. The first kappa shape index (κ1) is 18.5. The van der Waals surface area contributed by atoms with E-state index in [4.69, 9.17) is 14.2 Å². The first-order valence-corrected chi connectivity index (χ1v) is 10.5. The van der Waals surface area contributed by atoms with Gasteiger partial charge in [0.1, 0.15) is 0 Å². The largest absolute Gasteiger partial charge is 0.492 e. The lowest BCUT2D eigenvalue weighted by molar-refractivity contribution is 0.0925. The topological polar surface area (TPSA) is 48.0 Å². The Kier molecular flexibility index (Phi) is 4.70. The van der Waals surface area contributed by atoms with E-state index in [0.717, 1.165) is 42.7 Å². The number of ether oxygens (including phenoxy) is 3. The van der Waals surface area contributed by atoms with E-state index in [1.165, 1.54) is 29.5 Å². The normalized spacial score (nSPS) is 20.1. The summed E-state index contributed by atoms with van der Waals surface area (Å²) >= 11 is 0. The number of hydrogen-bond acceptors (Lipinski definition) is 5. The molecule has 2 aliphatic heterocycles. The number of aryl methyl sites for hydroxylation is 2. The van der Waals surface area contributed by atoms with Crippen molar-refractivity contribution in [3.63, 3.8) is 0 Å². The number of rotatable bonds is 4. The Bertz CT molecular complexity index is 968. The molecule has 5 rings (SSSR count). The van der Waals surface area contributed by atoms with Crippen molar-refractivity contribution in [2.24, 2.45) is 0 Å². The maximum absolute atomic E-state index is 13.3. The molecule has 2 aromatic carbocycles. The first-order valence-electron chi connectivity index (χ1n) is 10.5. The molecule has 2 aromatic rings. The number of nitrogens with zero attached hydrogens (tertiary/aromatic N) is 1. The molecule has 3 aliphatic rings. The van der Waals surface area contributed by atoms with Crippen LogP contribution in [0.2, 0.25) is 0 Å². The van der Waals surface area contributed by atoms with Gasteiger partial charge in [-0.3, -0.25) is 9.69 Å². The SMILES string of the molecule is COc1c2c(cc3c1[C@@H](CC(=O)c1ccc4c(c1)CCCC4)N(C)CC3)OCO2. The van der Waals surface area contributed by atoms with E-state index in [-0.39, 0.29) is 18.6 Å². The highest BCUT2D eigenvalue weighted by atomic mass is 16.7. The quantitative estimate of drug-likeness (QED) is 0.732. The van der Waals surface area contributed by atoms with E-state index >= 15 is 0 Å². The molecular formula is C24H27NO4. The summed E-state index contributed by atoms with van der Waals surface area (Å²) in [4.78, 5) is 15.5. The predicted octanol–water partition coefficient (Wildman–Crippen LogP) is 4.10. The van der Waals surface area contributed by atoms with Crippen LogP contribution in [-0.2, 0) is 19.3 Å². The standard InChI is InChI=1S/C24H27NO4/c1-25-10-9-18-12-21-23(29-14-28-21)24(27-2)22(18)19(25)13-20(26)17-8-7-15-5-3-4-6-16(15)11-17/h7-8,11-12,19H,3-6,9-10,13-14H2,1-2H3/t19-/m1/s1. The van der Waals surface area contributed by atoms with Gasteiger partial charge in [-0.2, -0.15) is 0 Å². The first-order chi connectivity index (χ1) is 14.2. The summed E-state index contributed by atoms with van der Waals surface area (Å²) in [5, 5.41) is 0. The number of fused-ring (bicyclic) bond motifs is 3. The second-order valence-electron chi connectivity index (χ2n) is 8.28. The average molecular weight is 393 g/mol. The Morgan fingerprint density at radius 1 is 1.10 bits per heavy atom. The van der Waals surface area contributed by atoms with Gasteiger partial charge < -0.3 is 14.2 Å². The molecule has 5 nitrogen and oxygen atoms in total. The highest BCUT2D eigenvalue weighted by Gasteiger charge is 2.35. The average Bonchev–Trinajstić information content (AvgIpc) is 3.22. The zero-order valence-corrected chi connectivity index (χ0v) is 17.1. The summed E-state index contributed by atoms with van der Waals surface area (Å²) in [5.41, 5.74) is 5.83. The molecule has 1 aliphatic carbocycles. The predicted molar refractivity (Wildman–Crippen MR) is 110 cm³/mol. The minimum absolute atomic E-state index is 0.0354. The summed E-state index contributed by atoms with van der Waals surface area (Å²) in [6, 6.07) is 8.30. The number of benzene rings is 2. The molecule has 0 saturated heterocycles. The van der Waals surface area contributed by atoms with Crippen molar-refractivity contribution in [1.82, 2.24) is 4.90 Å². The van der Waals surface area contributed by atoms with Crippen molar-refractivity contribution in [3.8, 4) is 17.2 Å². The highest BCUT2D eigenvalue weighted by Crippen LogP contribution is 2.50. The maximum atomic E-state index is 13.3. The van der Waals surface area contributed by atoms with Crippen LogP contribution in [0.25, 0.3) is 0 Å². The molecule has 29 heavy (non-hydrogen) atoms. The lowest BCUT2D eigenvalue weighted by Crippen LogP contribution is -2.34.